The molecule has 0 aliphatic carbocycles. The van der Waals surface area contributed by atoms with Gasteiger partial charge in [0.25, 0.3) is 5.91 Å². The Kier molecular flexibility index (Phi) is 4.81. The molecule has 116 valence electrons. The third kappa shape index (κ3) is 3.02. The second kappa shape index (κ2) is 6.42. The first-order valence-corrected chi connectivity index (χ1v) is 7.32. The van der Waals surface area contributed by atoms with Crippen LogP contribution in [0.5, 0.6) is 0 Å². The van der Waals surface area contributed by atoms with E-state index in [1.807, 2.05) is 14.0 Å². The quantitative estimate of drug-likeness (QED) is 0.827. The molecule has 1 amide bonds. The van der Waals surface area contributed by atoms with E-state index in [1.54, 1.807) is 18.9 Å². The second-order valence-electron chi connectivity index (χ2n) is 4.76. The van der Waals surface area contributed by atoms with E-state index in [1.165, 1.54) is 11.3 Å². The molecule has 1 atom stereocenters. The number of fused-ring (bicyclic) bond motifs is 1. The zero-order valence-corrected chi connectivity index (χ0v) is 13.4. The molecule has 0 spiro atoms. The van der Waals surface area contributed by atoms with Crippen LogP contribution in [0.15, 0.2) is 0 Å². The van der Waals surface area contributed by atoms with Gasteiger partial charge in [-0.2, -0.15) is 5.10 Å². The van der Waals surface area contributed by atoms with Gasteiger partial charge in [0.2, 0.25) is 0 Å². The average molecular weight is 312 g/mol. The lowest BCUT2D eigenvalue weighted by Crippen LogP contribution is -2.35. The first-order valence-electron chi connectivity index (χ1n) is 6.51. The molecule has 0 aliphatic heterocycles. The Hall–Kier alpha value is -1.64. The number of aromatic nitrogens is 2. The fourth-order valence-electron chi connectivity index (χ4n) is 2.18. The predicted molar refractivity (Wildman–Crippen MR) is 82.7 cm³/mol. The van der Waals surface area contributed by atoms with Gasteiger partial charge in [-0.25, -0.2) is 0 Å². The number of amides is 1. The summed E-state index contributed by atoms with van der Waals surface area (Å²) in [4.78, 5) is 13.7. The molecule has 7 nitrogen and oxygen atoms in total. The lowest BCUT2D eigenvalue weighted by molar-refractivity contribution is 0.0286. The van der Waals surface area contributed by atoms with Gasteiger partial charge in [-0.05, 0) is 6.92 Å². The number of ether oxygens (including phenoxy) is 2. The van der Waals surface area contributed by atoms with E-state index in [-0.39, 0.29) is 12.0 Å². The van der Waals surface area contributed by atoms with Crippen molar-refractivity contribution in [3.8, 4) is 0 Å². The number of methoxy groups -OCH3 is 2. The Morgan fingerprint density at radius 2 is 2.24 bits per heavy atom. The number of thiophene rings is 1. The summed E-state index contributed by atoms with van der Waals surface area (Å²) >= 11 is 1.34. The van der Waals surface area contributed by atoms with Crippen molar-refractivity contribution in [3.05, 3.63) is 10.6 Å². The Labute approximate surface area is 127 Å². The van der Waals surface area contributed by atoms with Crippen LogP contribution in [0.3, 0.4) is 0 Å². The molecule has 8 heteroatoms. The van der Waals surface area contributed by atoms with Gasteiger partial charge in [-0.1, -0.05) is 0 Å². The zero-order chi connectivity index (χ0) is 15.6. The zero-order valence-electron chi connectivity index (χ0n) is 12.6. The van der Waals surface area contributed by atoms with Crippen molar-refractivity contribution < 1.29 is 14.3 Å². The Balaban J connectivity index is 2.16. The van der Waals surface area contributed by atoms with Crippen LogP contribution in [0.1, 0.15) is 15.4 Å². The Morgan fingerprint density at radius 3 is 2.81 bits per heavy atom. The number of nitrogens with two attached hydrogens (primary N) is 1. The number of nitrogens with zero attached hydrogens (tertiary/aromatic N) is 2. The lowest BCUT2D eigenvalue weighted by Gasteiger charge is -2.14. The van der Waals surface area contributed by atoms with Crippen LogP contribution in [-0.4, -0.2) is 49.2 Å². The van der Waals surface area contributed by atoms with Gasteiger partial charge in [0.1, 0.15) is 9.71 Å². The molecule has 0 saturated carbocycles. The standard InChI is InChI=1S/C13H20N4O3S/c1-7-9-10(14)11(21-13(9)17(2)16-7)12(18)15-5-8(20-4)6-19-3/h8H,5-6,14H2,1-4H3,(H,15,18). The number of hydrogen-bond donors (Lipinski definition) is 2. The number of carbonyl (C=O) groups is 1. The molecule has 2 aromatic rings. The van der Waals surface area contributed by atoms with E-state index < -0.39 is 0 Å². The Bertz CT molecular complexity index is 649. The Morgan fingerprint density at radius 1 is 1.52 bits per heavy atom. The van der Waals surface area contributed by atoms with Crippen LogP contribution in [0, 0.1) is 6.92 Å². The molecule has 0 radical (unpaired) electrons. The number of nitrogens with one attached hydrogen (secondary N) is 1. The minimum atomic E-state index is -0.203. The largest absolute Gasteiger partial charge is 0.397 e. The van der Waals surface area contributed by atoms with Gasteiger partial charge in [-0.3, -0.25) is 9.48 Å². The molecule has 3 N–H and O–H groups in total. The smallest absolute Gasteiger partial charge is 0.263 e. The van der Waals surface area contributed by atoms with E-state index in [2.05, 4.69) is 10.4 Å². The third-order valence-corrected chi connectivity index (χ3v) is 4.54. The van der Waals surface area contributed by atoms with E-state index >= 15 is 0 Å². The van der Waals surface area contributed by atoms with Crippen molar-refractivity contribution in [2.45, 2.75) is 13.0 Å². The van der Waals surface area contributed by atoms with Crippen LogP contribution in [-0.2, 0) is 16.5 Å². The van der Waals surface area contributed by atoms with Gasteiger partial charge in [0, 0.05) is 27.8 Å². The normalized spacial score (nSPS) is 12.8. The SMILES string of the molecule is COCC(CNC(=O)c1sc2c(c(C)nn2C)c1N)OC. The lowest BCUT2D eigenvalue weighted by atomic mass is 10.2. The number of anilines is 1. The van der Waals surface area contributed by atoms with Gasteiger partial charge < -0.3 is 20.5 Å². The molecule has 2 rings (SSSR count). The van der Waals surface area contributed by atoms with Crippen molar-refractivity contribution in [1.82, 2.24) is 15.1 Å². The van der Waals surface area contributed by atoms with Gasteiger partial charge in [0.05, 0.1) is 29.5 Å². The highest BCUT2D eigenvalue weighted by atomic mass is 32.1. The van der Waals surface area contributed by atoms with Crippen molar-refractivity contribution in [3.63, 3.8) is 0 Å². The fraction of sp³-hybridized carbons (Fsp3) is 0.538. The average Bonchev–Trinajstić information content (AvgIpc) is 2.93. The molecule has 21 heavy (non-hydrogen) atoms. The van der Waals surface area contributed by atoms with E-state index in [4.69, 9.17) is 15.2 Å². The summed E-state index contributed by atoms with van der Waals surface area (Å²) in [7, 11) is 5.01. The third-order valence-electron chi connectivity index (χ3n) is 3.26. The van der Waals surface area contributed by atoms with E-state index in [0.29, 0.717) is 23.7 Å². The molecular weight excluding hydrogens is 292 g/mol. The van der Waals surface area contributed by atoms with Crippen molar-refractivity contribution in [2.24, 2.45) is 7.05 Å². The van der Waals surface area contributed by atoms with Crippen LogP contribution >= 0.6 is 11.3 Å². The molecule has 1 unspecified atom stereocenters. The molecule has 2 aromatic heterocycles. The first kappa shape index (κ1) is 15.7. The molecule has 0 saturated heterocycles. The van der Waals surface area contributed by atoms with Gasteiger partial charge >= 0.3 is 0 Å². The second-order valence-corrected chi connectivity index (χ2v) is 5.76. The summed E-state index contributed by atoms with van der Waals surface area (Å²) in [6.07, 6.45) is -0.182. The van der Waals surface area contributed by atoms with Crippen LogP contribution < -0.4 is 11.1 Å². The molecule has 0 fully saturated rings. The minimum Gasteiger partial charge on any atom is -0.397 e. The van der Waals surface area contributed by atoms with Crippen LogP contribution in [0.25, 0.3) is 10.2 Å². The monoisotopic (exact) mass is 312 g/mol. The highest BCUT2D eigenvalue weighted by Crippen LogP contribution is 2.35. The van der Waals surface area contributed by atoms with Crippen molar-refractivity contribution >= 4 is 33.1 Å². The summed E-state index contributed by atoms with van der Waals surface area (Å²) in [6, 6.07) is 0. The summed E-state index contributed by atoms with van der Waals surface area (Å²) in [6.45, 7) is 2.67. The topological polar surface area (TPSA) is 91.4 Å². The number of aryl methyl sites for hydroxylation is 2. The van der Waals surface area contributed by atoms with Crippen LogP contribution in [0.4, 0.5) is 5.69 Å². The molecule has 0 aliphatic rings. The molecular formula is C13H20N4O3S. The van der Waals surface area contributed by atoms with E-state index in [0.717, 1.165) is 15.9 Å². The summed E-state index contributed by atoms with van der Waals surface area (Å²) < 4.78 is 12.0. The van der Waals surface area contributed by atoms with E-state index in [9.17, 15) is 4.79 Å². The maximum atomic E-state index is 12.3. The number of carbonyl (C=O) groups excluding carboxylic acids is 1. The maximum Gasteiger partial charge on any atom is 0.263 e. The highest BCUT2D eigenvalue weighted by Gasteiger charge is 2.21. The molecule has 2 heterocycles. The highest BCUT2D eigenvalue weighted by molar-refractivity contribution is 7.21. The molecule has 0 bridgehead atoms. The first-order chi connectivity index (χ1) is 9.99. The number of nitrogen functional groups attached to an aromatic ring is 1. The van der Waals surface area contributed by atoms with Gasteiger partial charge in [0.15, 0.2) is 0 Å². The van der Waals surface area contributed by atoms with Gasteiger partial charge in [-0.15, -0.1) is 11.3 Å². The summed E-state index contributed by atoms with van der Waals surface area (Å²) in [5.41, 5.74) is 7.41. The maximum absolute atomic E-state index is 12.3. The van der Waals surface area contributed by atoms with Crippen molar-refractivity contribution in [1.29, 1.82) is 0 Å². The minimum absolute atomic E-state index is 0.182. The summed E-state index contributed by atoms with van der Waals surface area (Å²) in [5, 5.41) is 7.98. The number of hydrogen-bond acceptors (Lipinski definition) is 6. The molecule has 0 aromatic carbocycles. The predicted octanol–water partition coefficient (Wildman–Crippen LogP) is 0.917. The summed E-state index contributed by atoms with van der Waals surface area (Å²) in [5.74, 6) is -0.203. The van der Waals surface area contributed by atoms with Crippen molar-refractivity contribution in [2.75, 3.05) is 33.1 Å². The van der Waals surface area contributed by atoms with Crippen LogP contribution in [0.2, 0.25) is 0 Å². The number of rotatable bonds is 6. The fourth-order valence-corrected chi connectivity index (χ4v) is 3.28.